The Hall–Kier alpha value is -2.75. The van der Waals surface area contributed by atoms with Gasteiger partial charge >= 0.3 is 0 Å². The average molecular weight is 818 g/mol. The molecule has 1 aliphatic rings. The highest BCUT2D eigenvalue weighted by Gasteiger charge is 2.55. The quantitative estimate of drug-likeness (QED) is 0.0371. The Kier molecular flexibility index (Phi) is 14.8. The molecule has 28 heteroatoms. The number of nitrogens with one attached hydrogen (secondary N) is 2. The number of aliphatic hydroxyl groups excluding tert-OH is 2. The number of hydrogen-bond acceptors (Lipinski definition) is 22. The van der Waals surface area contributed by atoms with Crippen LogP contribution in [-0.4, -0.2) is 98.0 Å². The van der Waals surface area contributed by atoms with E-state index in [4.69, 9.17) is 16.9 Å². The number of rotatable bonds is 20. The summed E-state index contributed by atoms with van der Waals surface area (Å²) in [7, 11) is -17.6. The number of carbonyl (C=O) groups excluding carboxylic acids is 2. The zero-order valence-electron chi connectivity index (χ0n) is 27.4. The third-order valence-corrected chi connectivity index (χ3v) is 10.8. The molecule has 6 N–H and O–H groups in total. The molecule has 2 aromatic heterocycles. The number of anilines is 1. The number of phosphoric acid groups is 3. The topological polar surface area (TPSA) is 367 Å². The van der Waals surface area contributed by atoms with Gasteiger partial charge in [0.1, 0.15) is 42.4 Å². The Balaban J connectivity index is 1.58. The molecule has 3 heterocycles. The fraction of sp³-hybridized carbons (Fsp3) is 0.625. The van der Waals surface area contributed by atoms with Gasteiger partial charge in [0.25, 0.3) is 15.6 Å². The summed E-state index contributed by atoms with van der Waals surface area (Å²) in [6.07, 6.45) is 0.819. The second kappa shape index (κ2) is 17.6. The number of imidazole rings is 1. The van der Waals surface area contributed by atoms with Crippen molar-refractivity contribution in [3.8, 4) is 12.5 Å². The number of nitrogens with zero attached hydrogens (tertiary/aromatic N) is 4. The van der Waals surface area contributed by atoms with E-state index >= 15 is 0 Å². The molecule has 24 nitrogen and oxygen atoms in total. The van der Waals surface area contributed by atoms with E-state index < -0.39 is 84.1 Å². The van der Waals surface area contributed by atoms with E-state index in [2.05, 4.69) is 47.7 Å². The molecular weight excluding hydrogens is 783 g/mol. The van der Waals surface area contributed by atoms with Crippen molar-refractivity contribution in [2.45, 2.75) is 57.3 Å². The number of aliphatic hydroxyl groups is 2. The standard InChI is InChI=1S/C24H38N7O17P3S/c1-5-45-52-9-8-26-15(32)6-7-27-22(35)19(34)23(2,3)11-44-51(41,42)48-50(39,40)43-10-14-17(47-49(36,37)38)18(33)24(4,46-14)31-13-30-16-20(25)28-12-29-21(16)31/h1,12-14,17-19,33-34H,6-11H2,2-4H3,(H,26,32)(H,27,35)(H,39,40)(H,41,42)(H2,25,28,29)(H2,36,37,38)/p-4. The highest BCUT2D eigenvalue weighted by Crippen LogP contribution is 2.56. The second-order valence-electron chi connectivity index (χ2n) is 11.6. The van der Waals surface area contributed by atoms with E-state index in [0.717, 1.165) is 29.3 Å². The number of fused-ring (bicyclic) bond motifs is 1. The van der Waals surface area contributed by atoms with Crippen LogP contribution in [0.5, 0.6) is 0 Å². The number of terminal acetylenes is 1. The van der Waals surface area contributed by atoms with Crippen molar-refractivity contribution in [2.75, 3.05) is 37.8 Å². The van der Waals surface area contributed by atoms with E-state index in [1.54, 1.807) is 0 Å². The molecule has 0 aromatic carbocycles. The summed E-state index contributed by atoms with van der Waals surface area (Å²) in [6.45, 7) is 1.31. The molecule has 1 aliphatic heterocycles. The van der Waals surface area contributed by atoms with E-state index in [0.29, 0.717) is 5.75 Å². The summed E-state index contributed by atoms with van der Waals surface area (Å²) in [5.74, 6) is -1.18. The number of nitrogens with two attached hydrogens (primary N) is 1. The lowest BCUT2D eigenvalue weighted by Gasteiger charge is -2.36. The first-order valence-electron chi connectivity index (χ1n) is 14.6. The maximum absolute atomic E-state index is 12.5. The zero-order valence-corrected chi connectivity index (χ0v) is 30.9. The van der Waals surface area contributed by atoms with Gasteiger partial charge < -0.3 is 73.2 Å². The molecule has 0 bridgehead atoms. The van der Waals surface area contributed by atoms with E-state index in [1.807, 2.05) is 6.11 Å². The van der Waals surface area contributed by atoms with Crippen molar-refractivity contribution in [3.05, 3.63) is 12.7 Å². The molecule has 0 aliphatic carbocycles. The molecule has 0 saturated carbocycles. The molecule has 0 radical (unpaired) electrons. The van der Waals surface area contributed by atoms with Gasteiger partial charge in [-0.2, -0.15) is 0 Å². The van der Waals surface area contributed by atoms with Crippen LogP contribution < -0.4 is 35.9 Å². The summed E-state index contributed by atoms with van der Waals surface area (Å²) in [5, 5.41) is 26.3. The van der Waals surface area contributed by atoms with Gasteiger partial charge in [-0.05, 0) is 6.92 Å². The minimum Gasteiger partial charge on any atom is -0.790 e. The molecule has 3 rings (SSSR count). The average Bonchev–Trinajstić information content (AvgIpc) is 3.58. The first-order chi connectivity index (χ1) is 24.0. The second-order valence-corrected chi connectivity index (χ2v) is 16.4. The third-order valence-electron chi connectivity index (χ3n) is 7.15. The zero-order chi connectivity index (χ0) is 39.1. The smallest absolute Gasteiger partial charge is 0.274 e. The van der Waals surface area contributed by atoms with E-state index in [-0.39, 0.29) is 36.5 Å². The molecule has 1 saturated heterocycles. The first-order valence-corrected chi connectivity index (χ1v) is 19.9. The number of ether oxygens (including phenoxy) is 1. The van der Waals surface area contributed by atoms with Crippen LogP contribution in [0.1, 0.15) is 27.2 Å². The van der Waals surface area contributed by atoms with Crippen molar-refractivity contribution in [1.82, 2.24) is 30.2 Å². The Morgan fingerprint density at radius 1 is 1.17 bits per heavy atom. The van der Waals surface area contributed by atoms with Crippen LogP contribution in [0.25, 0.3) is 11.2 Å². The summed E-state index contributed by atoms with van der Waals surface area (Å²) in [6, 6.07) is 0. The van der Waals surface area contributed by atoms with Gasteiger partial charge in [-0.15, -0.1) is 0 Å². The van der Waals surface area contributed by atoms with E-state index in [9.17, 15) is 53.1 Å². The number of carbonyl (C=O) groups is 2. The summed E-state index contributed by atoms with van der Waals surface area (Å²) in [5.41, 5.74) is 2.03. The van der Waals surface area contributed by atoms with Crippen LogP contribution in [0.15, 0.2) is 12.7 Å². The fourth-order valence-electron chi connectivity index (χ4n) is 4.54. The molecule has 52 heavy (non-hydrogen) atoms. The number of aromatic nitrogens is 4. The Labute approximate surface area is 299 Å². The van der Waals surface area contributed by atoms with Crippen LogP contribution in [0.2, 0.25) is 0 Å². The van der Waals surface area contributed by atoms with E-state index in [1.165, 1.54) is 20.8 Å². The highest BCUT2D eigenvalue weighted by molar-refractivity contribution is 7.94. The molecule has 2 aromatic rings. The van der Waals surface area contributed by atoms with Gasteiger partial charge in [0.15, 0.2) is 17.2 Å². The lowest BCUT2D eigenvalue weighted by atomic mass is 9.87. The van der Waals surface area contributed by atoms with Crippen LogP contribution in [0.4, 0.5) is 5.82 Å². The van der Waals surface area contributed by atoms with Gasteiger partial charge in [-0.3, -0.25) is 23.3 Å². The number of phosphoric ester groups is 3. The van der Waals surface area contributed by atoms with Crippen molar-refractivity contribution < 1.29 is 79.9 Å². The first kappa shape index (κ1) is 43.7. The Bertz CT molecular complexity index is 1770. The Morgan fingerprint density at radius 2 is 1.85 bits per heavy atom. The minimum absolute atomic E-state index is 0.0314. The van der Waals surface area contributed by atoms with Gasteiger partial charge in [-0.1, -0.05) is 20.3 Å². The van der Waals surface area contributed by atoms with Crippen LogP contribution >= 0.6 is 35.5 Å². The molecule has 0 spiro atoms. The predicted octanol–water partition coefficient (Wildman–Crippen LogP) is -3.69. The maximum Gasteiger partial charge on any atom is 0.274 e. The van der Waals surface area contributed by atoms with Gasteiger partial charge in [0.2, 0.25) is 11.8 Å². The molecule has 7 atom stereocenters. The number of amides is 2. The van der Waals surface area contributed by atoms with Crippen LogP contribution in [-0.2, 0) is 55.8 Å². The highest BCUT2D eigenvalue weighted by atomic mass is 32.2. The molecule has 292 valence electrons. The fourth-order valence-corrected chi connectivity index (χ4v) is 7.60. The monoisotopic (exact) mass is 817 g/mol. The van der Waals surface area contributed by atoms with Crippen molar-refractivity contribution in [3.63, 3.8) is 0 Å². The predicted molar refractivity (Wildman–Crippen MR) is 168 cm³/mol. The van der Waals surface area contributed by atoms with Crippen LogP contribution in [0, 0.1) is 17.9 Å². The lowest BCUT2D eigenvalue weighted by Crippen LogP contribution is -2.46. The summed E-state index contributed by atoms with van der Waals surface area (Å²) < 4.78 is 65.4. The number of nitrogen functional groups attached to an aromatic ring is 1. The van der Waals surface area contributed by atoms with Crippen molar-refractivity contribution in [2.24, 2.45) is 5.41 Å². The van der Waals surface area contributed by atoms with Gasteiger partial charge in [0.05, 0.1) is 45.2 Å². The third kappa shape index (κ3) is 11.9. The molecule has 2 amide bonds. The van der Waals surface area contributed by atoms with Crippen molar-refractivity contribution >= 4 is 64.3 Å². The molecule has 1 fully saturated rings. The SMILES string of the molecule is C#COSCCNC(=O)CCNC(=O)C(O)C(C)(C)COP(=O)([O-])OP(=O)([O-])OCC1OC(C)(n2cnc3c(N)ncnc32)C(O)C1OP(=O)([O-])[O-]. The van der Waals surface area contributed by atoms with Gasteiger partial charge in [0, 0.05) is 24.9 Å². The lowest BCUT2D eigenvalue weighted by molar-refractivity contribution is -0.347. The van der Waals surface area contributed by atoms with Crippen molar-refractivity contribution in [1.29, 1.82) is 0 Å². The van der Waals surface area contributed by atoms with Gasteiger partial charge in [-0.25, -0.2) is 19.3 Å². The molecule has 7 unspecified atom stereocenters. The number of hydrogen-bond donors (Lipinski definition) is 5. The summed E-state index contributed by atoms with van der Waals surface area (Å²) in [4.78, 5) is 83.9. The minimum atomic E-state index is -5.92. The normalized spacial score (nSPS) is 23.7. The molecular formula is C24H34N7O17P3S-4. The Morgan fingerprint density at radius 3 is 2.50 bits per heavy atom. The summed E-state index contributed by atoms with van der Waals surface area (Å²) >= 11 is 0.938. The largest absolute Gasteiger partial charge is 0.790 e. The van der Waals surface area contributed by atoms with Crippen LogP contribution in [0.3, 0.4) is 0 Å². The maximum atomic E-state index is 12.5.